The molecule has 0 saturated carbocycles. The Labute approximate surface area is 175 Å². The van der Waals surface area contributed by atoms with Crippen molar-refractivity contribution in [2.75, 3.05) is 5.32 Å². The van der Waals surface area contributed by atoms with Crippen LogP contribution in [0.3, 0.4) is 0 Å². The molecule has 2 aromatic heterocycles. The molecule has 0 spiro atoms. The number of rotatable bonds is 6. The van der Waals surface area contributed by atoms with Gasteiger partial charge in [-0.1, -0.05) is 31.2 Å². The fourth-order valence-corrected chi connectivity index (χ4v) is 3.75. The summed E-state index contributed by atoms with van der Waals surface area (Å²) in [5, 5.41) is 3.11. The molecule has 0 fully saturated rings. The summed E-state index contributed by atoms with van der Waals surface area (Å²) >= 11 is 0. The molecular formula is C24H25FN4O. The molecule has 154 valence electrons. The van der Waals surface area contributed by atoms with Crippen molar-refractivity contribution >= 4 is 22.8 Å². The molecule has 0 aliphatic heterocycles. The van der Waals surface area contributed by atoms with E-state index in [0.29, 0.717) is 18.8 Å². The van der Waals surface area contributed by atoms with E-state index in [0.717, 1.165) is 45.7 Å². The number of fused-ring (bicyclic) bond motifs is 1. The fourth-order valence-electron chi connectivity index (χ4n) is 3.75. The Morgan fingerprint density at radius 3 is 2.57 bits per heavy atom. The molecule has 0 aliphatic carbocycles. The topological polar surface area (TPSA) is 62.7 Å². The molecule has 2 heterocycles. The van der Waals surface area contributed by atoms with Crippen molar-refractivity contribution in [3.8, 4) is 11.4 Å². The SMILES string of the molecule is CCCC(=O)Nc1c(-c2nc3ccccc3[nH]2)c(C)c(C)n1Cc1ccc(F)cc1. The second kappa shape index (κ2) is 8.14. The number of carbonyl (C=O) groups is 1. The number of nitrogens with zero attached hydrogens (tertiary/aromatic N) is 2. The molecule has 30 heavy (non-hydrogen) atoms. The molecular weight excluding hydrogens is 379 g/mol. The van der Waals surface area contributed by atoms with E-state index in [2.05, 4.69) is 14.9 Å². The monoisotopic (exact) mass is 404 g/mol. The van der Waals surface area contributed by atoms with Gasteiger partial charge in [-0.3, -0.25) is 4.79 Å². The van der Waals surface area contributed by atoms with Gasteiger partial charge >= 0.3 is 0 Å². The van der Waals surface area contributed by atoms with E-state index in [4.69, 9.17) is 4.98 Å². The Hall–Kier alpha value is -3.41. The Balaban J connectivity index is 1.85. The molecule has 1 amide bonds. The minimum absolute atomic E-state index is 0.0345. The summed E-state index contributed by atoms with van der Waals surface area (Å²) in [5.74, 6) is 1.14. The number of hydrogen-bond donors (Lipinski definition) is 2. The zero-order valence-corrected chi connectivity index (χ0v) is 17.4. The number of nitrogens with one attached hydrogen (secondary N) is 2. The van der Waals surface area contributed by atoms with Gasteiger partial charge in [0.1, 0.15) is 17.5 Å². The van der Waals surface area contributed by atoms with Gasteiger partial charge in [-0.05, 0) is 55.7 Å². The lowest BCUT2D eigenvalue weighted by molar-refractivity contribution is -0.116. The van der Waals surface area contributed by atoms with Gasteiger partial charge in [0.2, 0.25) is 5.91 Å². The molecule has 2 aromatic carbocycles. The number of H-pyrrole nitrogens is 1. The third kappa shape index (κ3) is 3.73. The molecule has 0 unspecified atom stereocenters. The maximum Gasteiger partial charge on any atom is 0.225 e. The minimum Gasteiger partial charge on any atom is -0.338 e. The van der Waals surface area contributed by atoms with Crippen LogP contribution in [-0.4, -0.2) is 20.4 Å². The van der Waals surface area contributed by atoms with Gasteiger partial charge in [0, 0.05) is 18.7 Å². The summed E-state index contributed by atoms with van der Waals surface area (Å²) in [7, 11) is 0. The van der Waals surface area contributed by atoms with Gasteiger partial charge in [0.05, 0.1) is 16.6 Å². The largest absolute Gasteiger partial charge is 0.338 e. The highest BCUT2D eigenvalue weighted by Crippen LogP contribution is 2.36. The number of para-hydroxylation sites is 2. The van der Waals surface area contributed by atoms with Crippen molar-refractivity contribution in [2.45, 2.75) is 40.2 Å². The van der Waals surface area contributed by atoms with Crippen molar-refractivity contribution in [2.24, 2.45) is 0 Å². The Kier molecular flexibility index (Phi) is 5.40. The molecule has 0 radical (unpaired) electrons. The summed E-state index contributed by atoms with van der Waals surface area (Å²) in [6.07, 6.45) is 1.21. The van der Waals surface area contributed by atoms with E-state index in [1.54, 1.807) is 12.1 Å². The number of aromatic amines is 1. The molecule has 2 N–H and O–H groups in total. The molecule has 4 rings (SSSR count). The maximum atomic E-state index is 13.4. The lowest BCUT2D eigenvalue weighted by atomic mass is 10.1. The molecule has 0 aliphatic rings. The van der Waals surface area contributed by atoms with Gasteiger partial charge in [-0.25, -0.2) is 9.37 Å². The maximum absolute atomic E-state index is 13.4. The summed E-state index contributed by atoms with van der Waals surface area (Å²) in [5.41, 5.74) is 5.74. The van der Waals surface area contributed by atoms with E-state index < -0.39 is 0 Å². The quantitative estimate of drug-likeness (QED) is 0.441. The Morgan fingerprint density at radius 2 is 1.87 bits per heavy atom. The first kappa shape index (κ1) is 19.9. The van der Waals surface area contributed by atoms with E-state index in [-0.39, 0.29) is 11.7 Å². The lowest BCUT2D eigenvalue weighted by Gasteiger charge is -2.14. The molecule has 4 aromatic rings. The predicted molar refractivity (Wildman–Crippen MR) is 118 cm³/mol. The van der Waals surface area contributed by atoms with Crippen molar-refractivity contribution in [3.05, 3.63) is 71.2 Å². The lowest BCUT2D eigenvalue weighted by Crippen LogP contribution is -2.16. The van der Waals surface area contributed by atoms with Crippen LogP contribution in [0.4, 0.5) is 10.2 Å². The molecule has 0 bridgehead atoms. The first-order valence-corrected chi connectivity index (χ1v) is 10.2. The van der Waals surface area contributed by atoms with Crippen LogP contribution in [0, 0.1) is 19.7 Å². The predicted octanol–water partition coefficient (Wildman–Crippen LogP) is 5.57. The van der Waals surface area contributed by atoms with Gasteiger partial charge < -0.3 is 14.9 Å². The van der Waals surface area contributed by atoms with Crippen molar-refractivity contribution in [3.63, 3.8) is 0 Å². The first-order valence-electron chi connectivity index (χ1n) is 10.2. The summed E-state index contributed by atoms with van der Waals surface area (Å²) in [4.78, 5) is 20.7. The molecule has 0 saturated heterocycles. The average molecular weight is 404 g/mol. The number of hydrogen-bond acceptors (Lipinski definition) is 2. The van der Waals surface area contributed by atoms with Crippen LogP contribution >= 0.6 is 0 Å². The average Bonchev–Trinajstić information content (AvgIpc) is 3.24. The van der Waals surface area contributed by atoms with Gasteiger partial charge in [0.15, 0.2) is 0 Å². The summed E-state index contributed by atoms with van der Waals surface area (Å²) in [6, 6.07) is 14.3. The van der Waals surface area contributed by atoms with E-state index in [1.807, 2.05) is 45.0 Å². The van der Waals surface area contributed by atoms with Crippen molar-refractivity contribution in [1.29, 1.82) is 0 Å². The summed E-state index contributed by atoms with van der Waals surface area (Å²) in [6.45, 7) is 6.57. The second-order valence-electron chi connectivity index (χ2n) is 7.55. The van der Waals surface area contributed by atoms with Gasteiger partial charge in [0.25, 0.3) is 0 Å². The third-order valence-electron chi connectivity index (χ3n) is 5.44. The van der Waals surface area contributed by atoms with Crippen LogP contribution in [0.15, 0.2) is 48.5 Å². The smallest absolute Gasteiger partial charge is 0.225 e. The standard InChI is InChI=1S/C24H25FN4O/c1-4-7-21(30)28-24-22(23-26-19-8-5-6-9-20(19)27-23)15(2)16(3)29(24)14-17-10-12-18(25)13-11-17/h5-6,8-13H,4,7,14H2,1-3H3,(H,26,27)(H,28,30). The number of halogens is 1. The number of aromatic nitrogens is 3. The van der Waals surface area contributed by atoms with Crippen LogP contribution in [0.1, 0.15) is 36.6 Å². The third-order valence-corrected chi connectivity index (χ3v) is 5.44. The van der Waals surface area contributed by atoms with Crippen LogP contribution in [0.5, 0.6) is 0 Å². The highest BCUT2D eigenvalue weighted by molar-refractivity contribution is 5.95. The van der Waals surface area contributed by atoms with E-state index in [1.165, 1.54) is 12.1 Å². The second-order valence-corrected chi connectivity index (χ2v) is 7.55. The zero-order valence-electron chi connectivity index (χ0n) is 17.4. The number of anilines is 1. The van der Waals surface area contributed by atoms with Crippen LogP contribution in [-0.2, 0) is 11.3 Å². The Bertz CT molecular complexity index is 1170. The van der Waals surface area contributed by atoms with E-state index in [9.17, 15) is 9.18 Å². The van der Waals surface area contributed by atoms with Crippen LogP contribution < -0.4 is 5.32 Å². The zero-order chi connectivity index (χ0) is 21.3. The highest BCUT2D eigenvalue weighted by Gasteiger charge is 2.23. The Morgan fingerprint density at radius 1 is 1.13 bits per heavy atom. The summed E-state index contributed by atoms with van der Waals surface area (Å²) < 4.78 is 15.4. The van der Waals surface area contributed by atoms with Crippen molar-refractivity contribution in [1.82, 2.24) is 14.5 Å². The number of amides is 1. The fraction of sp³-hybridized carbons (Fsp3) is 0.250. The molecule has 6 heteroatoms. The van der Waals surface area contributed by atoms with Gasteiger partial charge in [-0.2, -0.15) is 0 Å². The number of carbonyl (C=O) groups excluding carboxylic acids is 1. The van der Waals surface area contributed by atoms with E-state index >= 15 is 0 Å². The highest BCUT2D eigenvalue weighted by atomic mass is 19.1. The van der Waals surface area contributed by atoms with Crippen LogP contribution in [0.25, 0.3) is 22.4 Å². The van der Waals surface area contributed by atoms with Crippen LogP contribution in [0.2, 0.25) is 0 Å². The number of benzene rings is 2. The molecule has 5 nitrogen and oxygen atoms in total. The number of imidazole rings is 1. The first-order chi connectivity index (χ1) is 14.5. The van der Waals surface area contributed by atoms with Crippen molar-refractivity contribution < 1.29 is 9.18 Å². The normalized spacial score (nSPS) is 11.2. The minimum atomic E-state index is -0.265. The molecule has 0 atom stereocenters. The van der Waals surface area contributed by atoms with Gasteiger partial charge in [-0.15, -0.1) is 0 Å².